The Bertz CT molecular complexity index is 1080. The van der Waals surface area contributed by atoms with Crippen LogP contribution in [0.1, 0.15) is 42.9 Å². The lowest BCUT2D eigenvalue weighted by Crippen LogP contribution is -2.41. The third-order valence-electron chi connectivity index (χ3n) is 6.87. The molecule has 2 amide bonds. The fraction of sp³-hybridized carbons (Fsp3) is 0.483. The van der Waals surface area contributed by atoms with Crippen LogP contribution in [0.2, 0.25) is 0 Å². The highest BCUT2D eigenvalue weighted by Crippen LogP contribution is 2.23. The minimum absolute atomic E-state index is 0.0358. The van der Waals surface area contributed by atoms with Gasteiger partial charge in [-0.25, -0.2) is 4.79 Å². The van der Waals surface area contributed by atoms with Gasteiger partial charge in [-0.1, -0.05) is 36.4 Å². The normalized spacial score (nSPS) is 16.0. The number of esters is 1. The summed E-state index contributed by atoms with van der Waals surface area (Å²) in [5.74, 6) is -0.377. The van der Waals surface area contributed by atoms with Crippen molar-refractivity contribution in [2.24, 2.45) is 0 Å². The largest absolute Gasteiger partial charge is 0.466 e. The van der Waals surface area contributed by atoms with E-state index in [-0.39, 0.29) is 37.3 Å². The summed E-state index contributed by atoms with van der Waals surface area (Å²) in [5, 5.41) is 2.93. The molecule has 1 N–H and O–H groups in total. The Morgan fingerprint density at radius 2 is 1.76 bits per heavy atom. The van der Waals surface area contributed by atoms with Gasteiger partial charge >= 0.3 is 12.1 Å². The Balaban J connectivity index is 1.15. The number of ether oxygens (including phenoxy) is 3. The number of likely N-dealkylation sites (tertiary alicyclic amines) is 1. The summed E-state index contributed by atoms with van der Waals surface area (Å²) in [6.07, 6.45) is 2.22. The quantitative estimate of drug-likeness (QED) is 0.474. The van der Waals surface area contributed by atoms with Gasteiger partial charge in [-0.3, -0.25) is 14.5 Å². The van der Waals surface area contributed by atoms with Crippen molar-refractivity contribution in [3.63, 3.8) is 0 Å². The van der Waals surface area contributed by atoms with E-state index in [1.54, 1.807) is 4.90 Å². The maximum atomic E-state index is 12.5. The number of carbonyl (C=O) groups excluding carboxylic acids is 3. The first-order valence-electron chi connectivity index (χ1n) is 13.4. The van der Waals surface area contributed by atoms with Crippen molar-refractivity contribution in [2.45, 2.75) is 51.9 Å². The number of fused-ring (bicyclic) bond motifs is 1. The van der Waals surface area contributed by atoms with Gasteiger partial charge < -0.3 is 24.4 Å². The lowest BCUT2D eigenvalue weighted by Gasteiger charge is -2.31. The topological polar surface area (TPSA) is 97.4 Å². The SMILES string of the molecule is CCOC(=O)CCN1CCc2ccc(NC(=O)COC3CCN(C(=O)OCc4ccccc4)CC3)cc2C1. The standard InChI is InChI=1S/C29H37N3O6/c1-2-36-28(34)13-15-31-14-10-23-8-9-25(18-24(23)19-31)30-27(33)21-37-26-11-16-32(17-12-26)29(35)38-20-22-6-4-3-5-7-22/h3-9,18,26H,2,10-17,19-21H2,1H3,(H,30,33). The molecule has 1 saturated heterocycles. The second-order valence-corrected chi connectivity index (χ2v) is 9.65. The van der Waals surface area contributed by atoms with Crippen LogP contribution in [0.3, 0.4) is 0 Å². The van der Waals surface area contributed by atoms with E-state index in [4.69, 9.17) is 14.2 Å². The average Bonchev–Trinajstić information content (AvgIpc) is 2.94. The van der Waals surface area contributed by atoms with Gasteiger partial charge in [0.1, 0.15) is 13.2 Å². The number of hydrogen-bond acceptors (Lipinski definition) is 7. The summed E-state index contributed by atoms with van der Waals surface area (Å²) in [5.41, 5.74) is 4.11. The molecule has 2 aromatic rings. The Morgan fingerprint density at radius 1 is 0.974 bits per heavy atom. The molecule has 0 unspecified atom stereocenters. The molecule has 0 aliphatic carbocycles. The molecule has 0 saturated carbocycles. The van der Waals surface area contributed by atoms with Gasteiger partial charge in [0.2, 0.25) is 5.91 Å². The van der Waals surface area contributed by atoms with E-state index in [1.807, 2.05) is 49.4 Å². The van der Waals surface area contributed by atoms with Crippen molar-refractivity contribution >= 4 is 23.7 Å². The van der Waals surface area contributed by atoms with Crippen LogP contribution in [0.15, 0.2) is 48.5 Å². The predicted molar refractivity (Wildman–Crippen MR) is 142 cm³/mol. The molecule has 38 heavy (non-hydrogen) atoms. The molecule has 2 heterocycles. The zero-order valence-corrected chi connectivity index (χ0v) is 22.0. The van der Waals surface area contributed by atoms with E-state index >= 15 is 0 Å². The first-order valence-corrected chi connectivity index (χ1v) is 13.4. The monoisotopic (exact) mass is 523 g/mol. The molecule has 0 bridgehead atoms. The van der Waals surface area contributed by atoms with Gasteiger partial charge in [0.15, 0.2) is 0 Å². The molecular formula is C29H37N3O6. The number of amides is 2. The third kappa shape index (κ3) is 8.29. The zero-order valence-electron chi connectivity index (χ0n) is 22.0. The number of hydrogen-bond donors (Lipinski definition) is 1. The summed E-state index contributed by atoms with van der Waals surface area (Å²) >= 11 is 0. The van der Waals surface area contributed by atoms with Crippen molar-refractivity contribution < 1.29 is 28.6 Å². The predicted octanol–water partition coefficient (Wildman–Crippen LogP) is 3.75. The molecule has 0 aromatic heterocycles. The molecule has 2 aliphatic heterocycles. The minimum atomic E-state index is -0.322. The van der Waals surface area contributed by atoms with Crippen molar-refractivity contribution in [2.75, 3.05) is 44.7 Å². The van der Waals surface area contributed by atoms with Crippen LogP contribution < -0.4 is 5.32 Å². The highest BCUT2D eigenvalue weighted by molar-refractivity contribution is 5.91. The maximum Gasteiger partial charge on any atom is 0.410 e. The van der Waals surface area contributed by atoms with Gasteiger partial charge in [-0.15, -0.1) is 0 Å². The number of benzene rings is 2. The molecule has 0 radical (unpaired) electrons. The van der Waals surface area contributed by atoms with E-state index in [0.717, 1.165) is 36.3 Å². The second-order valence-electron chi connectivity index (χ2n) is 9.65. The van der Waals surface area contributed by atoms with Gasteiger partial charge in [0, 0.05) is 38.4 Å². The highest BCUT2D eigenvalue weighted by Gasteiger charge is 2.25. The molecule has 1 fully saturated rings. The van der Waals surface area contributed by atoms with Crippen LogP contribution >= 0.6 is 0 Å². The summed E-state index contributed by atoms with van der Waals surface area (Å²) in [6, 6.07) is 15.6. The van der Waals surface area contributed by atoms with E-state index in [9.17, 15) is 14.4 Å². The number of anilines is 1. The summed E-state index contributed by atoms with van der Waals surface area (Å²) in [4.78, 5) is 40.5. The first kappa shape index (κ1) is 27.6. The molecule has 0 spiro atoms. The van der Waals surface area contributed by atoms with Crippen molar-refractivity contribution in [1.29, 1.82) is 0 Å². The summed E-state index contributed by atoms with van der Waals surface area (Å²) in [7, 11) is 0. The number of nitrogens with one attached hydrogen (secondary N) is 1. The Hall–Kier alpha value is -3.43. The fourth-order valence-electron chi connectivity index (χ4n) is 4.77. The van der Waals surface area contributed by atoms with Crippen LogP contribution in [-0.2, 0) is 43.4 Å². The highest BCUT2D eigenvalue weighted by atomic mass is 16.6. The van der Waals surface area contributed by atoms with Crippen molar-refractivity contribution in [1.82, 2.24) is 9.80 Å². The number of nitrogens with zero attached hydrogens (tertiary/aromatic N) is 2. The average molecular weight is 524 g/mol. The van der Waals surface area contributed by atoms with E-state index in [1.165, 1.54) is 5.56 Å². The van der Waals surface area contributed by atoms with Gasteiger partial charge in [-0.05, 0) is 55.0 Å². The number of piperidine rings is 1. The first-order chi connectivity index (χ1) is 18.5. The molecule has 2 aromatic carbocycles. The molecule has 204 valence electrons. The molecular weight excluding hydrogens is 486 g/mol. The zero-order chi connectivity index (χ0) is 26.7. The molecule has 2 aliphatic rings. The number of rotatable bonds is 10. The van der Waals surface area contributed by atoms with Crippen LogP contribution in [0.5, 0.6) is 0 Å². The Kier molecular flexibility index (Phi) is 10.1. The summed E-state index contributed by atoms with van der Waals surface area (Å²) < 4.78 is 16.3. The third-order valence-corrected chi connectivity index (χ3v) is 6.87. The van der Waals surface area contributed by atoms with E-state index in [2.05, 4.69) is 16.3 Å². The lowest BCUT2D eigenvalue weighted by molar-refractivity contribution is -0.143. The van der Waals surface area contributed by atoms with Crippen molar-refractivity contribution in [3.05, 3.63) is 65.2 Å². The second kappa shape index (κ2) is 13.9. The molecule has 0 atom stereocenters. The van der Waals surface area contributed by atoms with Crippen molar-refractivity contribution in [3.8, 4) is 0 Å². The van der Waals surface area contributed by atoms with Gasteiger partial charge in [0.05, 0.1) is 19.1 Å². The van der Waals surface area contributed by atoms with Crippen LogP contribution in [0.4, 0.5) is 10.5 Å². The van der Waals surface area contributed by atoms with Gasteiger partial charge in [0.25, 0.3) is 0 Å². The fourth-order valence-corrected chi connectivity index (χ4v) is 4.77. The van der Waals surface area contributed by atoms with Crippen LogP contribution in [0, 0.1) is 0 Å². The molecule has 4 rings (SSSR count). The minimum Gasteiger partial charge on any atom is -0.466 e. The maximum absolute atomic E-state index is 12.5. The molecule has 9 nitrogen and oxygen atoms in total. The van der Waals surface area contributed by atoms with Crippen LogP contribution in [0.25, 0.3) is 0 Å². The Labute approximate surface area is 224 Å². The van der Waals surface area contributed by atoms with E-state index in [0.29, 0.717) is 45.5 Å². The lowest BCUT2D eigenvalue weighted by atomic mass is 9.99. The van der Waals surface area contributed by atoms with Gasteiger partial charge in [-0.2, -0.15) is 0 Å². The van der Waals surface area contributed by atoms with Crippen LogP contribution in [-0.4, -0.2) is 73.3 Å². The van der Waals surface area contributed by atoms with E-state index < -0.39 is 0 Å². The smallest absolute Gasteiger partial charge is 0.410 e. The number of carbonyl (C=O) groups is 3. The Morgan fingerprint density at radius 3 is 2.53 bits per heavy atom. The summed E-state index contributed by atoms with van der Waals surface area (Å²) in [6.45, 7) is 5.80. The molecule has 9 heteroatoms.